The van der Waals surface area contributed by atoms with E-state index in [0.717, 1.165) is 44.2 Å². The Labute approximate surface area is 165 Å². The van der Waals surface area contributed by atoms with Crippen molar-refractivity contribution in [3.05, 3.63) is 29.6 Å². The summed E-state index contributed by atoms with van der Waals surface area (Å²) in [7, 11) is 1.69. The number of rotatable bonds is 6. The third-order valence-electron chi connectivity index (χ3n) is 5.76. The lowest BCUT2D eigenvalue weighted by Crippen LogP contribution is -2.23. The first-order valence-corrected chi connectivity index (χ1v) is 10.2. The lowest BCUT2D eigenvalue weighted by Gasteiger charge is -2.25. The predicted octanol–water partition coefficient (Wildman–Crippen LogP) is 3.00. The fourth-order valence-corrected chi connectivity index (χ4v) is 4.28. The Morgan fingerprint density at radius 2 is 2.18 bits per heavy atom. The first kappa shape index (κ1) is 19.4. The van der Waals surface area contributed by atoms with Crippen LogP contribution in [0.3, 0.4) is 0 Å². The van der Waals surface area contributed by atoms with Gasteiger partial charge in [0.1, 0.15) is 0 Å². The number of anilines is 1. The minimum absolute atomic E-state index is 0.129. The molecule has 28 heavy (non-hydrogen) atoms. The van der Waals surface area contributed by atoms with Crippen LogP contribution >= 0.6 is 0 Å². The molecule has 7 nitrogen and oxygen atoms in total. The molecule has 1 fully saturated rings. The molecule has 2 aromatic rings. The van der Waals surface area contributed by atoms with E-state index in [0.29, 0.717) is 25.1 Å². The number of nitrogens with zero attached hydrogens (tertiary/aromatic N) is 3. The van der Waals surface area contributed by atoms with Gasteiger partial charge < -0.3 is 19.9 Å². The molecule has 3 heterocycles. The smallest absolute Gasteiger partial charge is 0.241 e. The van der Waals surface area contributed by atoms with Crippen molar-refractivity contribution in [3.8, 4) is 0 Å². The Hall–Kier alpha value is -1.96. The molecule has 0 amide bonds. The van der Waals surface area contributed by atoms with Crippen LogP contribution in [0.5, 0.6) is 0 Å². The molecule has 152 valence electrons. The van der Waals surface area contributed by atoms with Crippen molar-refractivity contribution >= 4 is 17.0 Å². The topological polar surface area (TPSA) is 80.9 Å². The second-order valence-electron chi connectivity index (χ2n) is 7.92. The van der Waals surface area contributed by atoms with Crippen LogP contribution in [-0.2, 0) is 9.47 Å². The van der Waals surface area contributed by atoms with Crippen molar-refractivity contribution in [2.45, 2.75) is 57.1 Å². The summed E-state index contributed by atoms with van der Waals surface area (Å²) in [5.74, 6) is 1.02. The molecule has 0 radical (unpaired) electrons. The lowest BCUT2D eigenvalue weighted by atomic mass is 9.85. The van der Waals surface area contributed by atoms with Gasteiger partial charge in [-0.05, 0) is 50.7 Å². The molecule has 7 heteroatoms. The number of hydrogen-bond acceptors (Lipinski definition) is 6. The number of hydrogen-bond donors (Lipinski definition) is 2. The summed E-state index contributed by atoms with van der Waals surface area (Å²) in [5, 5.41) is 18.1. The lowest BCUT2D eigenvalue weighted by molar-refractivity contribution is 0.121. The molecule has 0 unspecified atom stereocenters. The maximum atomic E-state index is 9.91. The van der Waals surface area contributed by atoms with Crippen LogP contribution in [-0.4, -0.2) is 58.8 Å². The summed E-state index contributed by atoms with van der Waals surface area (Å²) in [5.41, 5.74) is 4.78. The Bertz CT molecular complexity index is 840. The van der Waals surface area contributed by atoms with Gasteiger partial charge in [0.2, 0.25) is 5.95 Å². The second kappa shape index (κ2) is 8.59. The molecule has 0 saturated heterocycles. The molecule has 1 aliphatic heterocycles. The fourth-order valence-electron chi connectivity index (χ4n) is 4.28. The maximum Gasteiger partial charge on any atom is 0.241 e. The number of aliphatic hydroxyl groups is 1. The molecule has 0 spiro atoms. The van der Waals surface area contributed by atoms with E-state index in [-0.39, 0.29) is 12.1 Å². The summed E-state index contributed by atoms with van der Waals surface area (Å²) < 4.78 is 12.8. The first-order valence-electron chi connectivity index (χ1n) is 10.2. The molecular formula is C21H30N4O3. The zero-order valence-electron chi connectivity index (χ0n) is 16.7. The van der Waals surface area contributed by atoms with Crippen molar-refractivity contribution in [3.63, 3.8) is 0 Å². The van der Waals surface area contributed by atoms with Gasteiger partial charge in [-0.25, -0.2) is 9.50 Å². The molecule has 2 N–H and O–H groups in total. The van der Waals surface area contributed by atoms with Crippen LogP contribution < -0.4 is 5.32 Å². The molecule has 1 atom stereocenters. The molecular weight excluding hydrogens is 356 g/mol. The van der Waals surface area contributed by atoms with E-state index in [2.05, 4.69) is 33.9 Å². The van der Waals surface area contributed by atoms with Crippen molar-refractivity contribution in [1.29, 1.82) is 0 Å². The van der Waals surface area contributed by atoms with E-state index >= 15 is 0 Å². The second-order valence-corrected chi connectivity index (χ2v) is 7.92. The summed E-state index contributed by atoms with van der Waals surface area (Å²) in [6, 6.07) is 2.41. The number of ether oxygens (including phenoxy) is 2. The Morgan fingerprint density at radius 3 is 2.89 bits per heavy atom. The van der Waals surface area contributed by atoms with E-state index in [1.54, 1.807) is 7.11 Å². The quantitative estimate of drug-likeness (QED) is 0.794. The van der Waals surface area contributed by atoms with Crippen molar-refractivity contribution in [1.82, 2.24) is 14.6 Å². The molecule has 4 rings (SSSR count). The molecule has 2 aliphatic rings. The highest BCUT2D eigenvalue weighted by Gasteiger charge is 2.26. The van der Waals surface area contributed by atoms with Crippen LogP contribution in [0, 0.1) is 0 Å². The summed E-state index contributed by atoms with van der Waals surface area (Å²) >= 11 is 0. The largest absolute Gasteiger partial charge is 0.393 e. The standard InChI is InChI=1S/C21H30N4O3/c1-14(13-27-2)23-21-22-12-20-18(15-7-9-28-10-8-15)11-19(25(20)24-21)16-3-5-17(26)6-4-16/h7,11-12,14,16-17,26H,3-6,8-10,13H2,1-2H3,(H,23,24)/t14-,16-,17-/m0/s1. The molecule has 1 saturated carbocycles. The minimum atomic E-state index is -0.165. The maximum absolute atomic E-state index is 9.91. The van der Waals surface area contributed by atoms with Gasteiger partial charge in [0.05, 0.1) is 37.6 Å². The fraction of sp³-hybridized carbons (Fsp3) is 0.619. The van der Waals surface area contributed by atoms with E-state index in [4.69, 9.17) is 14.6 Å². The highest BCUT2D eigenvalue weighted by atomic mass is 16.5. The van der Waals surface area contributed by atoms with Gasteiger partial charge in [0.25, 0.3) is 0 Å². The Morgan fingerprint density at radius 1 is 1.36 bits per heavy atom. The van der Waals surface area contributed by atoms with Gasteiger partial charge in [-0.15, -0.1) is 5.10 Å². The van der Waals surface area contributed by atoms with E-state index in [1.165, 1.54) is 16.8 Å². The zero-order valence-corrected chi connectivity index (χ0v) is 16.7. The van der Waals surface area contributed by atoms with Crippen LogP contribution in [0.15, 0.2) is 18.3 Å². The van der Waals surface area contributed by atoms with E-state index < -0.39 is 0 Å². The Balaban J connectivity index is 1.72. The van der Waals surface area contributed by atoms with Gasteiger partial charge >= 0.3 is 0 Å². The normalized spacial score (nSPS) is 24.2. The van der Waals surface area contributed by atoms with Gasteiger partial charge in [0, 0.05) is 30.3 Å². The number of nitrogens with one attached hydrogen (secondary N) is 1. The zero-order chi connectivity index (χ0) is 19.5. The van der Waals surface area contributed by atoms with Gasteiger partial charge in [-0.1, -0.05) is 6.08 Å². The highest BCUT2D eigenvalue weighted by molar-refractivity contribution is 5.79. The molecule has 0 aromatic carbocycles. The third-order valence-corrected chi connectivity index (χ3v) is 5.76. The number of methoxy groups -OCH3 is 1. The SMILES string of the molecule is COC[C@H](C)Nc1ncc2c(C3=CCOCC3)cc([C@H]3CC[C@H](O)CC3)n2n1. The van der Waals surface area contributed by atoms with E-state index in [9.17, 15) is 5.11 Å². The van der Waals surface area contributed by atoms with E-state index in [1.807, 2.05) is 6.20 Å². The third kappa shape index (κ3) is 4.06. The summed E-state index contributed by atoms with van der Waals surface area (Å²) in [6.45, 7) is 4.06. The van der Waals surface area contributed by atoms with Gasteiger partial charge in [0.15, 0.2) is 0 Å². The minimum Gasteiger partial charge on any atom is -0.393 e. The average Bonchev–Trinajstić information content (AvgIpc) is 3.08. The summed E-state index contributed by atoms with van der Waals surface area (Å²) in [4.78, 5) is 4.56. The monoisotopic (exact) mass is 386 g/mol. The van der Waals surface area contributed by atoms with Crippen LogP contribution in [0.2, 0.25) is 0 Å². The number of fused-ring (bicyclic) bond motifs is 1. The summed E-state index contributed by atoms with van der Waals surface area (Å²) in [6.07, 6.45) is 8.51. The molecule has 2 aromatic heterocycles. The Kier molecular flexibility index (Phi) is 5.94. The number of aliphatic hydroxyl groups excluding tert-OH is 1. The van der Waals surface area contributed by atoms with Gasteiger partial charge in [-0.3, -0.25) is 0 Å². The van der Waals surface area contributed by atoms with Crippen molar-refractivity contribution in [2.24, 2.45) is 0 Å². The predicted molar refractivity (Wildman–Crippen MR) is 109 cm³/mol. The molecule has 0 bridgehead atoms. The van der Waals surface area contributed by atoms with Crippen molar-refractivity contribution in [2.75, 3.05) is 32.2 Å². The van der Waals surface area contributed by atoms with Crippen LogP contribution in [0.4, 0.5) is 5.95 Å². The van der Waals surface area contributed by atoms with Crippen LogP contribution in [0.25, 0.3) is 11.1 Å². The number of aromatic nitrogens is 3. The molecule has 1 aliphatic carbocycles. The first-order chi connectivity index (χ1) is 13.7. The average molecular weight is 386 g/mol. The van der Waals surface area contributed by atoms with Crippen LogP contribution in [0.1, 0.15) is 56.2 Å². The van der Waals surface area contributed by atoms with Gasteiger partial charge in [-0.2, -0.15) is 0 Å². The highest BCUT2D eigenvalue weighted by Crippen LogP contribution is 2.37. The van der Waals surface area contributed by atoms with Crippen molar-refractivity contribution < 1.29 is 14.6 Å².